The first-order valence-electron chi connectivity index (χ1n) is 8.00. The smallest absolute Gasteiger partial charge is 0.311 e. The summed E-state index contributed by atoms with van der Waals surface area (Å²) in [5, 5.41) is 22.1. The number of rotatable bonds is 6. The van der Waals surface area contributed by atoms with Crippen molar-refractivity contribution in [2.24, 2.45) is 0 Å². The Morgan fingerprint density at radius 3 is 2.71 bits per heavy atom. The number of fused-ring (bicyclic) bond motifs is 1. The third-order valence-corrected chi connectivity index (χ3v) is 3.92. The van der Waals surface area contributed by atoms with E-state index in [9.17, 15) is 10.1 Å². The zero-order valence-corrected chi connectivity index (χ0v) is 13.7. The molecule has 3 rings (SSSR count). The summed E-state index contributed by atoms with van der Waals surface area (Å²) in [5.74, 6) is 0.739. The summed E-state index contributed by atoms with van der Waals surface area (Å²) in [6.45, 7) is 6.00. The summed E-state index contributed by atoms with van der Waals surface area (Å²) in [6, 6.07) is 3.07. The van der Waals surface area contributed by atoms with Gasteiger partial charge in [-0.1, -0.05) is 0 Å². The highest BCUT2D eigenvalue weighted by Gasteiger charge is 2.25. The van der Waals surface area contributed by atoms with Gasteiger partial charge in [-0.2, -0.15) is 5.10 Å². The molecule has 1 aromatic heterocycles. The Hall–Kier alpha value is -2.61. The molecular formula is C16H20N4O4. The fourth-order valence-corrected chi connectivity index (χ4v) is 2.87. The Morgan fingerprint density at radius 2 is 2.00 bits per heavy atom. The van der Waals surface area contributed by atoms with Crippen molar-refractivity contribution in [3.63, 3.8) is 0 Å². The second-order valence-electron chi connectivity index (χ2n) is 5.40. The van der Waals surface area contributed by atoms with Crippen LogP contribution in [0.25, 0.3) is 11.3 Å². The number of ether oxygens (including phenoxy) is 2. The molecule has 8 heteroatoms. The van der Waals surface area contributed by atoms with E-state index in [-0.39, 0.29) is 11.4 Å². The molecule has 2 heterocycles. The summed E-state index contributed by atoms with van der Waals surface area (Å²) in [6.07, 6.45) is 0.853. The van der Waals surface area contributed by atoms with Gasteiger partial charge in [-0.25, -0.2) is 0 Å². The maximum Gasteiger partial charge on any atom is 0.311 e. The minimum absolute atomic E-state index is 0.0872. The molecule has 0 atom stereocenters. The van der Waals surface area contributed by atoms with Crippen molar-refractivity contribution in [3.05, 3.63) is 33.5 Å². The first-order valence-corrected chi connectivity index (χ1v) is 8.00. The van der Waals surface area contributed by atoms with Crippen molar-refractivity contribution >= 4 is 5.69 Å². The predicted molar refractivity (Wildman–Crippen MR) is 88.4 cm³/mol. The van der Waals surface area contributed by atoms with Gasteiger partial charge in [0.15, 0.2) is 0 Å². The van der Waals surface area contributed by atoms with Crippen molar-refractivity contribution < 1.29 is 14.4 Å². The lowest BCUT2D eigenvalue weighted by Gasteiger charge is -2.15. The average Bonchev–Trinajstić information content (AvgIpc) is 2.99. The zero-order chi connectivity index (χ0) is 17.1. The van der Waals surface area contributed by atoms with Crippen molar-refractivity contribution in [1.82, 2.24) is 15.5 Å². The van der Waals surface area contributed by atoms with Crippen LogP contribution in [0.3, 0.4) is 0 Å². The summed E-state index contributed by atoms with van der Waals surface area (Å²) < 4.78 is 11.1. The molecule has 0 bridgehead atoms. The van der Waals surface area contributed by atoms with Gasteiger partial charge in [0, 0.05) is 42.9 Å². The predicted octanol–water partition coefficient (Wildman–Crippen LogP) is 2.43. The van der Waals surface area contributed by atoms with Crippen LogP contribution in [0.5, 0.6) is 11.5 Å². The van der Waals surface area contributed by atoms with E-state index in [0.29, 0.717) is 36.8 Å². The van der Waals surface area contributed by atoms with E-state index in [2.05, 4.69) is 15.5 Å². The number of nitro benzene ring substituents is 1. The van der Waals surface area contributed by atoms with Gasteiger partial charge in [-0.15, -0.1) is 0 Å². The molecule has 1 aliphatic heterocycles. The van der Waals surface area contributed by atoms with Gasteiger partial charge in [0.05, 0.1) is 23.7 Å². The number of benzene rings is 1. The highest BCUT2D eigenvalue weighted by molar-refractivity contribution is 5.76. The maximum atomic E-state index is 11.4. The number of nitro groups is 1. The fourth-order valence-electron chi connectivity index (χ4n) is 2.87. The summed E-state index contributed by atoms with van der Waals surface area (Å²) in [7, 11) is 0. The van der Waals surface area contributed by atoms with Crippen LogP contribution in [0.1, 0.15) is 25.1 Å². The van der Waals surface area contributed by atoms with Crippen molar-refractivity contribution in [1.29, 1.82) is 0 Å². The maximum absolute atomic E-state index is 11.4. The van der Waals surface area contributed by atoms with E-state index in [1.807, 2.05) is 6.92 Å². The summed E-state index contributed by atoms with van der Waals surface area (Å²) in [4.78, 5) is 11.0. The molecule has 0 saturated carbocycles. The molecule has 0 spiro atoms. The quantitative estimate of drug-likeness (QED) is 0.622. The van der Waals surface area contributed by atoms with E-state index in [4.69, 9.17) is 9.47 Å². The number of aromatic amines is 1. The molecule has 0 radical (unpaired) electrons. The number of aromatic nitrogens is 2. The lowest BCUT2D eigenvalue weighted by Crippen LogP contribution is -2.23. The van der Waals surface area contributed by atoms with Crippen LogP contribution < -0.4 is 14.8 Å². The second-order valence-corrected chi connectivity index (χ2v) is 5.40. The van der Waals surface area contributed by atoms with E-state index in [1.54, 1.807) is 13.0 Å². The number of nitrogens with zero attached hydrogens (tertiary/aromatic N) is 2. The summed E-state index contributed by atoms with van der Waals surface area (Å²) in [5.41, 5.74) is 3.29. The van der Waals surface area contributed by atoms with E-state index < -0.39 is 4.92 Å². The Kier molecular flexibility index (Phi) is 4.66. The molecule has 1 aromatic carbocycles. The molecule has 0 unspecified atom stereocenters. The van der Waals surface area contributed by atoms with Crippen molar-refractivity contribution in [2.75, 3.05) is 19.8 Å². The van der Waals surface area contributed by atoms with Gasteiger partial charge >= 0.3 is 5.69 Å². The summed E-state index contributed by atoms with van der Waals surface area (Å²) >= 11 is 0. The first kappa shape index (κ1) is 16.3. The standard InChI is InChI=1S/C16H20N4O4/c1-3-23-14-8-15(24-4-2)13(20(21)22)7-10(14)16-11-9-17-6-5-12(11)18-19-16/h7-8,17H,3-6,9H2,1-2H3,(H,18,19). The van der Waals surface area contributed by atoms with E-state index >= 15 is 0 Å². The van der Waals surface area contributed by atoms with Crippen LogP contribution in [0.4, 0.5) is 5.69 Å². The van der Waals surface area contributed by atoms with E-state index in [0.717, 1.165) is 24.2 Å². The molecule has 0 amide bonds. The van der Waals surface area contributed by atoms with Gasteiger partial charge in [-0.3, -0.25) is 15.2 Å². The number of hydrogen-bond acceptors (Lipinski definition) is 6. The minimum atomic E-state index is -0.443. The van der Waals surface area contributed by atoms with Gasteiger partial charge in [0.2, 0.25) is 5.75 Å². The third-order valence-electron chi connectivity index (χ3n) is 3.92. The van der Waals surface area contributed by atoms with Crippen molar-refractivity contribution in [2.45, 2.75) is 26.8 Å². The highest BCUT2D eigenvalue weighted by atomic mass is 16.6. The van der Waals surface area contributed by atoms with Crippen molar-refractivity contribution in [3.8, 4) is 22.8 Å². The molecule has 8 nitrogen and oxygen atoms in total. The third kappa shape index (κ3) is 2.92. The van der Waals surface area contributed by atoms with Gasteiger partial charge in [0.25, 0.3) is 0 Å². The fraction of sp³-hybridized carbons (Fsp3) is 0.438. The SMILES string of the molecule is CCOc1cc(OCC)c([N+](=O)[O-])cc1-c1n[nH]c2c1CNCC2. The first-order chi connectivity index (χ1) is 11.7. The van der Waals surface area contributed by atoms with Crippen LogP contribution in [-0.4, -0.2) is 34.9 Å². The molecule has 1 aliphatic rings. The Morgan fingerprint density at radius 1 is 1.25 bits per heavy atom. The van der Waals surface area contributed by atoms with Gasteiger partial charge in [0.1, 0.15) is 11.4 Å². The molecule has 2 aromatic rings. The van der Waals surface area contributed by atoms with Gasteiger partial charge in [-0.05, 0) is 13.8 Å². The highest BCUT2D eigenvalue weighted by Crippen LogP contribution is 2.41. The lowest BCUT2D eigenvalue weighted by atomic mass is 10.0. The topological polar surface area (TPSA) is 102 Å². The van der Waals surface area contributed by atoms with Crippen LogP contribution in [0, 0.1) is 10.1 Å². The van der Waals surface area contributed by atoms with Crippen LogP contribution in [0.15, 0.2) is 12.1 Å². The molecule has 24 heavy (non-hydrogen) atoms. The van der Waals surface area contributed by atoms with Crippen LogP contribution in [-0.2, 0) is 13.0 Å². The molecule has 2 N–H and O–H groups in total. The Bertz CT molecular complexity index is 757. The molecule has 0 fully saturated rings. The monoisotopic (exact) mass is 332 g/mol. The van der Waals surface area contributed by atoms with Crippen LogP contribution >= 0.6 is 0 Å². The molecule has 128 valence electrons. The Labute approximate surface area is 139 Å². The average molecular weight is 332 g/mol. The normalized spacial score (nSPS) is 13.4. The number of hydrogen-bond donors (Lipinski definition) is 2. The van der Waals surface area contributed by atoms with Crippen LogP contribution in [0.2, 0.25) is 0 Å². The van der Waals surface area contributed by atoms with Gasteiger partial charge < -0.3 is 14.8 Å². The number of H-pyrrole nitrogens is 1. The lowest BCUT2D eigenvalue weighted by molar-refractivity contribution is -0.385. The number of nitrogens with one attached hydrogen (secondary N) is 2. The minimum Gasteiger partial charge on any atom is -0.493 e. The second kappa shape index (κ2) is 6.88. The van der Waals surface area contributed by atoms with E-state index in [1.165, 1.54) is 6.07 Å². The molecule has 0 aliphatic carbocycles. The largest absolute Gasteiger partial charge is 0.493 e. The molecule has 0 saturated heterocycles. The molecular weight excluding hydrogens is 312 g/mol. The Balaban J connectivity index is 2.16. The zero-order valence-electron chi connectivity index (χ0n) is 13.7.